The zero-order chi connectivity index (χ0) is 12.4. The van der Waals surface area contributed by atoms with Crippen LogP contribution in [0.2, 0.25) is 0 Å². The molecule has 0 saturated carbocycles. The van der Waals surface area contributed by atoms with Gasteiger partial charge in [-0.05, 0) is 30.7 Å². The highest BCUT2D eigenvalue weighted by atomic mass is 32.1. The Morgan fingerprint density at radius 2 is 2.24 bits per heavy atom. The first kappa shape index (κ1) is 11.5. The molecule has 2 rings (SSSR count). The van der Waals surface area contributed by atoms with Crippen molar-refractivity contribution in [2.75, 3.05) is 11.1 Å². The number of hydrogen-bond acceptors (Lipinski definition) is 4. The summed E-state index contributed by atoms with van der Waals surface area (Å²) in [5.41, 5.74) is 6.79. The molecule has 4 nitrogen and oxygen atoms in total. The first-order valence-electron chi connectivity index (χ1n) is 4.84. The summed E-state index contributed by atoms with van der Waals surface area (Å²) in [6.07, 6.45) is 0. The zero-order valence-corrected chi connectivity index (χ0v) is 9.84. The lowest BCUT2D eigenvalue weighted by Gasteiger charge is -2.04. The van der Waals surface area contributed by atoms with Crippen molar-refractivity contribution >= 4 is 28.1 Å². The number of hydrogen-bond donors (Lipinski definition) is 2. The van der Waals surface area contributed by atoms with Crippen molar-refractivity contribution in [3.63, 3.8) is 0 Å². The number of thiazole rings is 1. The number of carbonyl (C=O) groups is 1. The molecule has 6 heteroatoms. The Morgan fingerprint density at radius 1 is 1.47 bits per heavy atom. The Labute approximate surface area is 101 Å². The topological polar surface area (TPSA) is 68.0 Å². The second-order valence-electron chi connectivity index (χ2n) is 3.54. The Balaban J connectivity index is 2.18. The van der Waals surface area contributed by atoms with Gasteiger partial charge in [0.25, 0.3) is 5.91 Å². The number of amides is 1. The van der Waals surface area contributed by atoms with Crippen LogP contribution in [0.4, 0.5) is 15.2 Å². The number of aryl methyl sites for hydroxylation is 1. The van der Waals surface area contributed by atoms with Crippen LogP contribution in [0, 0.1) is 12.7 Å². The van der Waals surface area contributed by atoms with Gasteiger partial charge in [0.2, 0.25) is 0 Å². The molecule has 0 aliphatic rings. The summed E-state index contributed by atoms with van der Waals surface area (Å²) < 4.78 is 13.1. The fraction of sp³-hybridized carbons (Fsp3) is 0.0909. The third-order valence-corrected chi connectivity index (χ3v) is 2.73. The van der Waals surface area contributed by atoms with Crippen LogP contribution < -0.4 is 11.1 Å². The van der Waals surface area contributed by atoms with E-state index in [2.05, 4.69) is 10.3 Å². The molecule has 2 aromatic rings. The average Bonchev–Trinajstić information content (AvgIpc) is 2.63. The average molecular weight is 251 g/mol. The van der Waals surface area contributed by atoms with Gasteiger partial charge in [-0.15, -0.1) is 11.3 Å². The molecule has 0 aliphatic heterocycles. The summed E-state index contributed by atoms with van der Waals surface area (Å²) in [5, 5.41) is 4.44. The predicted molar refractivity (Wildman–Crippen MR) is 65.6 cm³/mol. The van der Waals surface area contributed by atoms with Crippen molar-refractivity contribution in [1.82, 2.24) is 4.98 Å². The van der Waals surface area contributed by atoms with Crippen LogP contribution in [-0.2, 0) is 0 Å². The molecule has 88 valence electrons. The summed E-state index contributed by atoms with van der Waals surface area (Å²) in [6, 6.07) is 4.31. The lowest BCUT2D eigenvalue weighted by atomic mass is 10.2. The van der Waals surface area contributed by atoms with E-state index in [4.69, 9.17) is 5.73 Å². The lowest BCUT2D eigenvalue weighted by Crippen LogP contribution is -2.12. The Morgan fingerprint density at radius 3 is 2.82 bits per heavy atom. The van der Waals surface area contributed by atoms with Crippen LogP contribution in [0.25, 0.3) is 0 Å². The van der Waals surface area contributed by atoms with Gasteiger partial charge in [0.05, 0.1) is 0 Å². The van der Waals surface area contributed by atoms with Gasteiger partial charge in [-0.1, -0.05) is 0 Å². The number of nitrogens with zero attached hydrogens (tertiary/aromatic N) is 1. The number of nitrogens with one attached hydrogen (secondary N) is 1. The van der Waals surface area contributed by atoms with Gasteiger partial charge in [-0.3, -0.25) is 4.79 Å². The number of nitrogen functional groups attached to an aromatic ring is 1. The van der Waals surface area contributed by atoms with E-state index in [1.165, 1.54) is 23.5 Å². The third-order valence-electron chi connectivity index (χ3n) is 2.05. The van der Waals surface area contributed by atoms with Gasteiger partial charge in [0.1, 0.15) is 11.5 Å². The maximum absolute atomic E-state index is 13.1. The van der Waals surface area contributed by atoms with E-state index in [0.717, 1.165) is 5.56 Å². The van der Waals surface area contributed by atoms with Crippen molar-refractivity contribution in [2.24, 2.45) is 0 Å². The molecule has 0 fully saturated rings. The second-order valence-corrected chi connectivity index (χ2v) is 4.43. The number of rotatable bonds is 2. The molecule has 1 heterocycles. The Kier molecular flexibility index (Phi) is 3.06. The largest absolute Gasteiger partial charge is 0.375 e. The monoisotopic (exact) mass is 251 g/mol. The maximum atomic E-state index is 13.1. The lowest BCUT2D eigenvalue weighted by molar-refractivity contribution is 0.102. The predicted octanol–water partition coefficient (Wildman–Crippen LogP) is 2.43. The van der Waals surface area contributed by atoms with E-state index in [1.54, 1.807) is 18.4 Å². The minimum absolute atomic E-state index is 0.231. The maximum Gasteiger partial charge on any atom is 0.275 e. The summed E-state index contributed by atoms with van der Waals surface area (Å²) in [7, 11) is 0. The van der Waals surface area contributed by atoms with E-state index < -0.39 is 11.7 Å². The van der Waals surface area contributed by atoms with Gasteiger partial charge in [-0.25, -0.2) is 9.37 Å². The first-order valence-corrected chi connectivity index (χ1v) is 5.72. The van der Waals surface area contributed by atoms with Crippen LogP contribution >= 0.6 is 11.3 Å². The van der Waals surface area contributed by atoms with Gasteiger partial charge < -0.3 is 11.1 Å². The fourth-order valence-electron chi connectivity index (χ4n) is 1.40. The smallest absolute Gasteiger partial charge is 0.275 e. The van der Waals surface area contributed by atoms with Crippen molar-refractivity contribution in [1.29, 1.82) is 0 Å². The number of carbonyl (C=O) groups excluding carboxylic acids is 1. The van der Waals surface area contributed by atoms with Crippen molar-refractivity contribution in [3.8, 4) is 0 Å². The van der Waals surface area contributed by atoms with E-state index in [-0.39, 0.29) is 5.69 Å². The van der Waals surface area contributed by atoms with E-state index >= 15 is 0 Å². The second kappa shape index (κ2) is 4.50. The first-order chi connectivity index (χ1) is 8.04. The molecule has 0 unspecified atom stereocenters. The molecular weight excluding hydrogens is 241 g/mol. The molecular formula is C11H10FN3OS. The summed E-state index contributed by atoms with van der Waals surface area (Å²) in [4.78, 5) is 15.5. The van der Waals surface area contributed by atoms with Crippen LogP contribution in [0.5, 0.6) is 0 Å². The highest BCUT2D eigenvalue weighted by molar-refractivity contribution is 7.13. The molecule has 0 bridgehead atoms. The third kappa shape index (κ3) is 2.79. The number of nitrogens with two attached hydrogens (primary N) is 1. The molecule has 0 spiro atoms. The van der Waals surface area contributed by atoms with Crippen LogP contribution in [0.15, 0.2) is 23.6 Å². The van der Waals surface area contributed by atoms with Crippen molar-refractivity contribution < 1.29 is 9.18 Å². The minimum atomic E-state index is -0.400. The molecule has 0 saturated heterocycles. The van der Waals surface area contributed by atoms with E-state index in [9.17, 15) is 9.18 Å². The minimum Gasteiger partial charge on any atom is -0.375 e. The van der Waals surface area contributed by atoms with Gasteiger partial charge in [0.15, 0.2) is 5.13 Å². The van der Waals surface area contributed by atoms with Crippen molar-refractivity contribution in [2.45, 2.75) is 6.92 Å². The molecule has 3 N–H and O–H groups in total. The summed E-state index contributed by atoms with van der Waals surface area (Å²) >= 11 is 1.18. The van der Waals surface area contributed by atoms with Crippen LogP contribution in [0.1, 0.15) is 16.1 Å². The van der Waals surface area contributed by atoms with Gasteiger partial charge in [-0.2, -0.15) is 0 Å². The van der Waals surface area contributed by atoms with E-state index in [1.807, 2.05) is 0 Å². The van der Waals surface area contributed by atoms with Gasteiger partial charge in [0, 0.05) is 11.1 Å². The molecule has 0 aliphatic carbocycles. The number of anilines is 2. The molecule has 17 heavy (non-hydrogen) atoms. The Bertz CT molecular complexity index is 547. The molecule has 1 amide bonds. The fourth-order valence-corrected chi connectivity index (χ4v) is 1.94. The summed E-state index contributed by atoms with van der Waals surface area (Å²) in [5.74, 6) is -0.791. The van der Waals surface area contributed by atoms with E-state index in [0.29, 0.717) is 10.8 Å². The highest BCUT2D eigenvalue weighted by Crippen LogP contribution is 2.16. The number of benzene rings is 1. The SMILES string of the molecule is Cc1cc(F)cc(NC(=O)c2csc(N)n2)c1. The Hall–Kier alpha value is -1.95. The van der Waals surface area contributed by atoms with Crippen molar-refractivity contribution in [3.05, 3.63) is 40.7 Å². The highest BCUT2D eigenvalue weighted by Gasteiger charge is 2.10. The number of aromatic nitrogens is 1. The van der Waals surface area contributed by atoms with Crippen LogP contribution in [0.3, 0.4) is 0 Å². The standard InChI is InChI=1S/C11H10FN3OS/c1-6-2-7(12)4-8(3-6)14-10(16)9-5-17-11(13)15-9/h2-5H,1H3,(H2,13,15)(H,14,16). The molecule has 0 atom stereocenters. The van der Waals surface area contributed by atoms with Gasteiger partial charge >= 0.3 is 0 Å². The summed E-state index contributed by atoms with van der Waals surface area (Å²) in [6.45, 7) is 1.75. The number of halogens is 1. The van der Waals surface area contributed by atoms with Crippen LogP contribution in [-0.4, -0.2) is 10.9 Å². The quantitative estimate of drug-likeness (QED) is 0.861. The molecule has 1 aromatic carbocycles. The molecule has 0 radical (unpaired) electrons. The zero-order valence-electron chi connectivity index (χ0n) is 9.03. The molecule has 1 aromatic heterocycles. The normalized spacial score (nSPS) is 10.2.